The van der Waals surface area contributed by atoms with Crippen LogP contribution in [0.25, 0.3) is 11.3 Å². The van der Waals surface area contributed by atoms with Crippen molar-refractivity contribution in [2.75, 3.05) is 6.54 Å². The van der Waals surface area contributed by atoms with Crippen molar-refractivity contribution in [1.29, 1.82) is 0 Å². The zero-order chi connectivity index (χ0) is 19.0. The quantitative estimate of drug-likeness (QED) is 0.815. The average Bonchev–Trinajstić information content (AvgIpc) is 2.48. The molecule has 3 nitrogen and oxygen atoms in total. The lowest BCUT2D eigenvalue weighted by molar-refractivity contribution is -0.148. The van der Waals surface area contributed by atoms with Crippen LogP contribution in [0.4, 0.5) is 17.6 Å². The predicted molar refractivity (Wildman–Crippen MR) is 89.4 cm³/mol. The first-order chi connectivity index (χ1) is 11.4. The summed E-state index contributed by atoms with van der Waals surface area (Å²) >= 11 is 0. The maximum Gasteiger partial charge on any atom is 0.398 e. The lowest BCUT2D eigenvalue weighted by atomic mass is 9.91. The second-order valence-electron chi connectivity index (χ2n) is 6.68. The van der Waals surface area contributed by atoms with E-state index in [0.29, 0.717) is 22.4 Å². The highest BCUT2D eigenvalue weighted by atomic mass is 19.4. The molecule has 0 aliphatic rings. The summed E-state index contributed by atoms with van der Waals surface area (Å²) in [5.41, 5.74) is 12.1. The number of benzene rings is 1. The molecule has 0 saturated carbocycles. The van der Waals surface area contributed by atoms with E-state index in [-0.39, 0.29) is 5.69 Å². The van der Waals surface area contributed by atoms with E-state index in [9.17, 15) is 17.6 Å². The fraction of sp³-hybridized carbons (Fsp3) is 0.389. The molecule has 1 unspecified atom stereocenters. The summed E-state index contributed by atoms with van der Waals surface area (Å²) in [6.45, 7) is 4.34. The zero-order valence-corrected chi connectivity index (χ0v) is 14.3. The van der Waals surface area contributed by atoms with E-state index in [1.807, 2.05) is 0 Å². The number of alkyl halides is 3. The van der Waals surface area contributed by atoms with Gasteiger partial charge in [0.05, 0.1) is 11.4 Å². The predicted octanol–water partition coefficient (Wildman–Crippen LogP) is 3.99. The standard InChI is InChI=1S/C18H21F4N3/c1-10-6-11(4-5-14(10)19)15-7-12(17(2,3)24)8-16(25-15)13(9-23)18(20,21)22/h4-8,13H,9,23-24H2,1-3H3. The van der Waals surface area contributed by atoms with Crippen molar-refractivity contribution in [3.8, 4) is 11.3 Å². The fourth-order valence-electron chi connectivity index (χ4n) is 2.48. The van der Waals surface area contributed by atoms with Crippen LogP contribution in [0.5, 0.6) is 0 Å². The lowest BCUT2D eigenvalue weighted by Gasteiger charge is -2.24. The fourth-order valence-corrected chi connectivity index (χ4v) is 2.48. The minimum atomic E-state index is -4.52. The van der Waals surface area contributed by atoms with Gasteiger partial charge in [-0.15, -0.1) is 0 Å². The molecule has 0 aliphatic heterocycles. The number of aryl methyl sites for hydroxylation is 1. The van der Waals surface area contributed by atoms with Crippen LogP contribution < -0.4 is 11.5 Å². The SMILES string of the molecule is Cc1cc(-c2cc(C(C)(C)N)cc(C(CN)C(F)(F)F)n2)ccc1F. The highest BCUT2D eigenvalue weighted by molar-refractivity contribution is 5.62. The van der Waals surface area contributed by atoms with Crippen molar-refractivity contribution in [3.05, 3.63) is 53.0 Å². The number of nitrogens with two attached hydrogens (primary N) is 2. The number of nitrogens with zero attached hydrogens (tertiary/aromatic N) is 1. The van der Waals surface area contributed by atoms with Crippen molar-refractivity contribution in [1.82, 2.24) is 4.98 Å². The van der Waals surface area contributed by atoms with Crippen molar-refractivity contribution in [3.63, 3.8) is 0 Å². The van der Waals surface area contributed by atoms with Gasteiger partial charge in [0.2, 0.25) is 0 Å². The molecule has 0 spiro atoms. The number of hydrogen-bond donors (Lipinski definition) is 2. The van der Waals surface area contributed by atoms with Gasteiger partial charge in [-0.2, -0.15) is 13.2 Å². The van der Waals surface area contributed by atoms with E-state index in [1.54, 1.807) is 32.9 Å². The van der Waals surface area contributed by atoms with Gasteiger partial charge in [-0.25, -0.2) is 4.39 Å². The first kappa shape index (κ1) is 19.3. The third kappa shape index (κ3) is 4.35. The Morgan fingerprint density at radius 3 is 2.24 bits per heavy atom. The molecule has 0 saturated heterocycles. The van der Waals surface area contributed by atoms with Gasteiger partial charge in [0, 0.05) is 17.6 Å². The van der Waals surface area contributed by atoms with E-state index in [1.165, 1.54) is 18.2 Å². The molecule has 136 valence electrons. The Morgan fingerprint density at radius 1 is 1.12 bits per heavy atom. The van der Waals surface area contributed by atoms with Gasteiger partial charge in [0.15, 0.2) is 0 Å². The van der Waals surface area contributed by atoms with Crippen LogP contribution in [-0.4, -0.2) is 17.7 Å². The summed E-state index contributed by atoms with van der Waals surface area (Å²) in [6.07, 6.45) is -4.52. The number of aromatic nitrogens is 1. The van der Waals surface area contributed by atoms with Gasteiger partial charge in [-0.05, 0) is 62.2 Å². The third-order valence-electron chi connectivity index (χ3n) is 4.03. The van der Waals surface area contributed by atoms with Crippen LogP contribution >= 0.6 is 0 Å². The largest absolute Gasteiger partial charge is 0.398 e. The maximum atomic E-state index is 13.5. The van der Waals surface area contributed by atoms with Crippen LogP contribution in [0, 0.1) is 12.7 Å². The average molecular weight is 355 g/mol. The topological polar surface area (TPSA) is 64.9 Å². The summed E-state index contributed by atoms with van der Waals surface area (Å²) in [5, 5.41) is 0. The number of hydrogen-bond acceptors (Lipinski definition) is 3. The van der Waals surface area contributed by atoms with Crippen LogP contribution in [0.1, 0.15) is 36.6 Å². The lowest BCUT2D eigenvalue weighted by Crippen LogP contribution is -2.32. The molecule has 1 atom stereocenters. The summed E-state index contributed by atoms with van der Waals surface area (Å²) in [7, 11) is 0. The number of pyridine rings is 1. The van der Waals surface area contributed by atoms with Gasteiger partial charge >= 0.3 is 6.18 Å². The minimum absolute atomic E-state index is 0.192. The van der Waals surface area contributed by atoms with E-state index < -0.39 is 30.0 Å². The molecule has 4 N–H and O–H groups in total. The van der Waals surface area contributed by atoms with Crippen molar-refractivity contribution in [2.24, 2.45) is 11.5 Å². The van der Waals surface area contributed by atoms with Crippen LogP contribution in [0.15, 0.2) is 30.3 Å². The molecule has 1 heterocycles. The number of rotatable bonds is 4. The molecule has 1 aromatic carbocycles. The van der Waals surface area contributed by atoms with Gasteiger partial charge in [-0.1, -0.05) is 0 Å². The molecule has 0 amide bonds. The Kier molecular flexibility index (Phi) is 5.20. The van der Waals surface area contributed by atoms with Crippen LogP contribution in [0.3, 0.4) is 0 Å². The Labute approximate surface area is 144 Å². The Morgan fingerprint density at radius 2 is 1.76 bits per heavy atom. The van der Waals surface area contributed by atoms with Crippen LogP contribution in [-0.2, 0) is 5.54 Å². The molecule has 0 aliphatic carbocycles. The van der Waals surface area contributed by atoms with Crippen molar-refractivity contribution >= 4 is 0 Å². The van der Waals surface area contributed by atoms with Gasteiger partial charge < -0.3 is 11.5 Å². The summed E-state index contributed by atoms with van der Waals surface area (Å²) < 4.78 is 53.3. The first-order valence-electron chi connectivity index (χ1n) is 7.78. The molecule has 0 fully saturated rings. The molecular weight excluding hydrogens is 334 g/mol. The first-order valence-corrected chi connectivity index (χ1v) is 7.78. The van der Waals surface area contributed by atoms with E-state index in [4.69, 9.17) is 11.5 Å². The van der Waals surface area contributed by atoms with Gasteiger partial charge in [0.1, 0.15) is 11.7 Å². The molecular formula is C18H21F4N3. The Balaban J connectivity index is 2.68. The smallest absolute Gasteiger partial charge is 0.329 e. The maximum absolute atomic E-state index is 13.5. The molecule has 2 rings (SSSR count). The monoisotopic (exact) mass is 355 g/mol. The van der Waals surface area contributed by atoms with E-state index in [2.05, 4.69) is 4.98 Å². The number of halogens is 4. The summed E-state index contributed by atoms with van der Waals surface area (Å²) in [5.74, 6) is -2.29. The van der Waals surface area contributed by atoms with Gasteiger partial charge in [0.25, 0.3) is 0 Å². The van der Waals surface area contributed by atoms with Crippen LogP contribution in [0.2, 0.25) is 0 Å². The third-order valence-corrected chi connectivity index (χ3v) is 4.03. The molecule has 1 aromatic heterocycles. The second-order valence-corrected chi connectivity index (χ2v) is 6.68. The van der Waals surface area contributed by atoms with E-state index in [0.717, 1.165) is 0 Å². The van der Waals surface area contributed by atoms with E-state index >= 15 is 0 Å². The van der Waals surface area contributed by atoms with Gasteiger partial charge in [-0.3, -0.25) is 4.98 Å². The summed E-state index contributed by atoms with van der Waals surface area (Å²) in [6, 6.07) is 7.24. The Hall–Kier alpha value is -1.99. The minimum Gasteiger partial charge on any atom is -0.329 e. The molecule has 2 aromatic rings. The van der Waals surface area contributed by atoms with Crippen molar-refractivity contribution < 1.29 is 17.6 Å². The molecule has 7 heteroatoms. The summed E-state index contributed by atoms with van der Waals surface area (Å²) in [4.78, 5) is 4.15. The normalized spacial score (nSPS) is 13.8. The Bertz CT molecular complexity index is 764. The highest BCUT2D eigenvalue weighted by Crippen LogP contribution is 2.36. The second kappa shape index (κ2) is 6.72. The molecule has 0 bridgehead atoms. The highest BCUT2D eigenvalue weighted by Gasteiger charge is 2.41. The molecule has 25 heavy (non-hydrogen) atoms. The zero-order valence-electron chi connectivity index (χ0n) is 14.3. The van der Waals surface area contributed by atoms with Crippen molar-refractivity contribution in [2.45, 2.75) is 38.4 Å². The molecule has 0 radical (unpaired) electrons.